The molecular weight excluding hydrogens is 512 g/mol. The Morgan fingerprint density at radius 1 is 0.429 bits per heavy atom. The van der Waals surface area contributed by atoms with Crippen LogP contribution in [0, 0.1) is 0 Å². The van der Waals surface area contributed by atoms with Crippen LogP contribution in [-0.2, 0) is 0 Å². The number of rotatable bonds is 5. The van der Waals surface area contributed by atoms with E-state index in [1.165, 1.54) is 16.7 Å². The maximum absolute atomic E-state index is 5.00. The molecule has 42 heavy (non-hydrogen) atoms. The van der Waals surface area contributed by atoms with Crippen molar-refractivity contribution >= 4 is 22.1 Å². The number of aromatic nitrogens is 4. The molecule has 0 spiro atoms. The topological polar surface area (TPSA) is 35.6 Å². The van der Waals surface area contributed by atoms with Crippen molar-refractivity contribution < 1.29 is 0 Å². The minimum absolute atomic E-state index is 0.939. The lowest BCUT2D eigenvalue weighted by atomic mass is 9.94. The van der Waals surface area contributed by atoms with E-state index in [1.807, 2.05) is 30.6 Å². The lowest BCUT2D eigenvalue weighted by Crippen LogP contribution is -1.97. The second-order valence-electron chi connectivity index (χ2n) is 10.4. The van der Waals surface area contributed by atoms with Crippen LogP contribution in [0.4, 0.5) is 0 Å². The molecule has 0 aliphatic rings. The molecule has 0 aliphatic heterocycles. The molecule has 0 unspecified atom stereocenters. The van der Waals surface area contributed by atoms with Crippen molar-refractivity contribution in [2.45, 2.75) is 0 Å². The molecule has 4 heteroatoms. The molecule has 0 amide bonds. The second kappa shape index (κ2) is 10.0. The predicted molar refractivity (Wildman–Crippen MR) is 172 cm³/mol. The molecule has 198 valence electrons. The van der Waals surface area contributed by atoms with Gasteiger partial charge in [-0.2, -0.15) is 0 Å². The lowest BCUT2D eigenvalue weighted by molar-refractivity contribution is 1.09. The highest BCUT2D eigenvalue weighted by molar-refractivity contribution is 5.86. The Kier molecular flexibility index (Phi) is 5.75. The van der Waals surface area contributed by atoms with E-state index in [9.17, 15) is 0 Å². The fourth-order valence-corrected chi connectivity index (χ4v) is 5.83. The van der Waals surface area contributed by atoms with E-state index in [0.717, 1.165) is 50.4 Å². The van der Waals surface area contributed by atoms with Crippen molar-refractivity contribution in [2.24, 2.45) is 0 Å². The van der Waals surface area contributed by atoms with Gasteiger partial charge in [-0.25, -0.2) is 9.97 Å². The van der Waals surface area contributed by atoms with Gasteiger partial charge in [0.15, 0.2) is 0 Å². The van der Waals surface area contributed by atoms with E-state index in [4.69, 9.17) is 4.98 Å². The first-order valence-corrected chi connectivity index (χ1v) is 14.1. The predicted octanol–water partition coefficient (Wildman–Crippen LogP) is 9.37. The summed E-state index contributed by atoms with van der Waals surface area (Å²) >= 11 is 0. The van der Waals surface area contributed by atoms with Gasteiger partial charge in [0, 0.05) is 16.9 Å². The van der Waals surface area contributed by atoms with Crippen LogP contribution in [0.15, 0.2) is 158 Å². The zero-order valence-electron chi connectivity index (χ0n) is 22.8. The molecule has 2 aromatic heterocycles. The summed E-state index contributed by atoms with van der Waals surface area (Å²) in [5.41, 5.74) is 12.1. The summed E-state index contributed by atoms with van der Waals surface area (Å²) in [6.07, 6.45) is 1.90. The van der Waals surface area contributed by atoms with Crippen LogP contribution in [-0.4, -0.2) is 19.1 Å². The van der Waals surface area contributed by atoms with Gasteiger partial charge in [0.25, 0.3) is 0 Å². The quantitative estimate of drug-likeness (QED) is 0.219. The third kappa shape index (κ3) is 4.09. The molecular formula is C38H26N4. The normalized spacial score (nSPS) is 11.3. The average Bonchev–Trinajstić information content (AvgIpc) is 3.68. The highest BCUT2D eigenvalue weighted by Crippen LogP contribution is 2.35. The molecule has 4 nitrogen and oxygen atoms in total. The van der Waals surface area contributed by atoms with Gasteiger partial charge in [0.2, 0.25) is 0 Å². The molecule has 8 rings (SSSR count). The Morgan fingerprint density at radius 3 is 1.88 bits per heavy atom. The Balaban J connectivity index is 1.20. The van der Waals surface area contributed by atoms with Crippen LogP contribution in [0.3, 0.4) is 0 Å². The number of para-hydroxylation sites is 4. The van der Waals surface area contributed by atoms with Crippen molar-refractivity contribution in [3.8, 4) is 45.0 Å². The summed E-state index contributed by atoms with van der Waals surface area (Å²) in [6.45, 7) is 0. The summed E-state index contributed by atoms with van der Waals surface area (Å²) < 4.78 is 4.40. The fraction of sp³-hybridized carbons (Fsp3) is 0. The van der Waals surface area contributed by atoms with Gasteiger partial charge in [-0.1, -0.05) is 103 Å². The number of benzene rings is 6. The van der Waals surface area contributed by atoms with Crippen molar-refractivity contribution in [3.05, 3.63) is 158 Å². The average molecular weight is 539 g/mol. The minimum Gasteiger partial charge on any atom is -0.299 e. The number of hydrogen-bond donors (Lipinski definition) is 0. The van der Waals surface area contributed by atoms with Crippen LogP contribution in [0.2, 0.25) is 0 Å². The molecule has 2 heterocycles. The van der Waals surface area contributed by atoms with Crippen LogP contribution in [0.25, 0.3) is 67.1 Å². The van der Waals surface area contributed by atoms with Crippen molar-refractivity contribution in [3.63, 3.8) is 0 Å². The van der Waals surface area contributed by atoms with Crippen molar-refractivity contribution in [1.82, 2.24) is 19.1 Å². The SMILES string of the molecule is c1ccc(-c2nc3ccccc3n2-c2ccc(-c3ccccc3-c3cccc(-n4cnc5ccccc54)c3)cc2)cc1. The van der Waals surface area contributed by atoms with Gasteiger partial charge in [-0.15, -0.1) is 0 Å². The Bertz CT molecular complexity index is 2190. The van der Waals surface area contributed by atoms with Crippen LogP contribution in [0.5, 0.6) is 0 Å². The van der Waals surface area contributed by atoms with Gasteiger partial charge in [0.1, 0.15) is 12.2 Å². The molecule has 6 aromatic carbocycles. The number of hydrogen-bond acceptors (Lipinski definition) is 2. The molecule has 0 bridgehead atoms. The van der Waals surface area contributed by atoms with Gasteiger partial charge in [-0.3, -0.25) is 9.13 Å². The third-order valence-electron chi connectivity index (χ3n) is 7.85. The highest BCUT2D eigenvalue weighted by Gasteiger charge is 2.15. The van der Waals surface area contributed by atoms with Crippen molar-refractivity contribution in [1.29, 1.82) is 0 Å². The summed E-state index contributed by atoms with van der Waals surface area (Å²) in [7, 11) is 0. The van der Waals surface area contributed by atoms with Gasteiger partial charge in [-0.05, 0) is 70.8 Å². The summed E-state index contributed by atoms with van der Waals surface area (Å²) in [4.78, 5) is 9.59. The van der Waals surface area contributed by atoms with E-state index in [0.29, 0.717) is 0 Å². The minimum atomic E-state index is 0.939. The summed E-state index contributed by atoms with van der Waals surface area (Å²) in [5, 5.41) is 0. The van der Waals surface area contributed by atoms with Crippen LogP contribution in [0.1, 0.15) is 0 Å². The van der Waals surface area contributed by atoms with E-state index >= 15 is 0 Å². The molecule has 0 aliphatic carbocycles. The zero-order chi connectivity index (χ0) is 27.9. The third-order valence-corrected chi connectivity index (χ3v) is 7.85. The zero-order valence-corrected chi connectivity index (χ0v) is 22.8. The summed E-state index contributed by atoms with van der Waals surface area (Å²) in [6, 6.07) is 53.0. The Morgan fingerprint density at radius 2 is 1.07 bits per heavy atom. The van der Waals surface area contributed by atoms with Gasteiger partial charge < -0.3 is 0 Å². The maximum Gasteiger partial charge on any atom is 0.145 e. The van der Waals surface area contributed by atoms with Gasteiger partial charge >= 0.3 is 0 Å². The number of imidazole rings is 2. The molecule has 0 atom stereocenters. The molecule has 0 saturated heterocycles. The summed E-state index contributed by atoms with van der Waals surface area (Å²) in [5.74, 6) is 0.939. The molecule has 0 radical (unpaired) electrons. The van der Waals surface area contributed by atoms with E-state index in [-0.39, 0.29) is 0 Å². The standard InChI is InChI=1S/C38H26N4/c1-2-11-28(12-3-1)38-40-35-18-7-9-20-37(35)42(38)30-23-21-27(22-24-30)32-15-4-5-16-33(32)29-13-10-14-31(25-29)41-26-39-34-17-6-8-19-36(34)41/h1-26H. The molecule has 0 saturated carbocycles. The monoisotopic (exact) mass is 538 g/mol. The maximum atomic E-state index is 5.00. The molecule has 0 N–H and O–H groups in total. The van der Waals surface area contributed by atoms with Gasteiger partial charge in [0.05, 0.1) is 22.1 Å². The number of fused-ring (bicyclic) bond motifs is 2. The van der Waals surface area contributed by atoms with E-state index in [1.54, 1.807) is 0 Å². The first-order valence-electron chi connectivity index (χ1n) is 14.1. The Hall–Kier alpha value is -5.74. The van der Waals surface area contributed by atoms with Crippen molar-refractivity contribution in [2.75, 3.05) is 0 Å². The van der Waals surface area contributed by atoms with Crippen LogP contribution >= 0.6 is 0 Å². The highest BCUT2D eigenvalue weighted by atomic mass is 15.1. The van der Waals surface area contributed by atoms with Crippen LogP contribution < -0.4 is 0 Å². The first-order chi connectivity index (χ1) is 20.8. The second-order valence-corrected chi connectivity index (χ2v) is 10.4. The lowest BCUT2D eigenvalue weighted by Gasteiger charge is -2.14. The molecule has 8 aromatic rings. The smallest absolute Gasteiger partial charge is 0.145 e. The van der Waals surface area contributed by atoms with E-state index < -0.39 is 0 Å². The largest absolute Gasteiger partial charge is 0.299 e. The fourth-order valence-electron chi connectivity index (χ4n) is 5.83. The Labute approximate surface area is 243 Å². The molecule has 0 fully saturated rings. The first kappa shape index (κ1) is 24.1. The van der Waals surface area contributed by atoms with E-state index in [2.05, 4.69) is 142 Å². The number of nitrogens with zero attached hydrogens (tertiary/aromatic N) is 4.